The third-order valence-electron chi connectivity index (χ3n) is 1.99. The molecule has 16 heavy (non-hydrogen) atoms. The van der Waals surface area contributed by atoms with Crippen molar-refractivity contribution in [1.29, 1.82) is 0 Å². The van der Waals surface area contributed by atoms with Crippen LogP contribution >= 0.6 is 12.2 Å². The van der Waals surface area contributed by atoms with Gasteiger partial charge in [0, 0.05) is 12.8 Å². The predicted octanol–water partition coefficient (Wildman–Crippen LogP) is 2.40. The molecule has 0 saturated heterocycles. The Morgan fingerprint density at radius 1 is 1.31 bits per heavy atom. The summed E-state index contributed by atoms with van der Waals surface area (Å²) in [4.78, 5) is 0. The zero-order chi connectivity index (χ0) is 12.0. The Labute approximate surface area is 102 Å². The van der Waals surface area contributed by atoms with Crippen molar-refractivity contribution in [2.75, 3.05) is 19.0 Å². The summed E-state index contributed by atoms with van der Waals surface area (Å²) < 4.78 is 5.11. The Hall–Kier alpha value is -1.13. The second-order valence-corrected chi connectivity index (χ2v) is 4.67. The summed E-state index contributed by atoms with van der Waals surface area (Å²) in [5.74, 6) is 0. The highest BCUT2D eigenvalue weighted by Gasteiger charge is 2.18. The molecule has 0 bridgehead atoms. The highest BCUT2D eigenvalue weighted by Crippen LogP contribution is 2.07. The normalized spacial score (nSPS) is 10.9. The number of anilines is 1. The molecular weight excluding hydrogens is 220 g/mol. The fourth-order valence-electron chi connectivity index (χ4n) is 1.39. The molecule has 0 aliphatic rings. The van der Waals surface area contributed by atoms with Gasteiger partial charge in [-0.2, -0.15) is 0 Å². The molecule has 0 aliphatic carbocycles. The van der Waals surface area contributed by atoms with Gasteiger partial charge in [-0.25, -0.2) is 0 Å². The van der Waals surface area contributed by atoms with Gasteiger partial charge in [0.1, 0.15) is 0 Å². The smallest absolute Gasteiger partial charge is 0.171 e. The second-order valence-electron chi connectivity index (χ2n) is 4.26. The second kappa shape index (κ2) is 5.82. The quantitative estimate of drug-likeness (QED) is 0.789. The van der Waals surface area contributed by atoms with Gasteiger partial charge < -0.3 is 15.4 Å². The number of methoxy groups -OCH3 is 1. The largest absolute Gasteiger partial charge is 0.382 e. The van der Waals surface area contributed by atoms with Crippen LogP contribution < -0.4 is 10.6 Å². The summed E-state index contributed by atoms with van der Waals surface area (Å²) in [7, 11) is 1.68. The van der Waals surface area contributed by atoms with Gasteiger partial charge in [-0.3, -0.25) is 0 Å². The van der Waals surface area contributed by atoms with Crippen LogP contribution in [0.2, 0.25) is 0 Å². The summed E-state index contributed by atoms with van der Waals surface area (Å²) in [6.45, 7) is 4.68. The van der Waals surface area contributed by atoms with Gasteiger partial charge in [-0.15, -0.1) is 0 Å². The Bertz CT molecular complexity index is 338. The number of benzene rings is 1. The van der Waals surface area contributed by atoms with Crippen molar-refractivity contribution in [3.63, 3.8) is 0 Å². The Kier molecular flexibility index (Phi) is 4.71. The summed E-state index contributed by atoms with van der Waals surface area (Å²) in [5.41, 5.74) is 0.807. The van der Waals surface area contributed by atoms with Crippen molar-refractivity contribution < 1.29 is 4.74 Å². The maximum Gasteiger partial charge on any atom is 0.171 e. The van der Waals surface area contributed by atoms with Crippen molar-refractivity contribution in [1.82, 2.24) is 5.32 Å². The third-order valence-corrected chi connectivity index (χ3v) is 2.19. The van der Waals surface area contributed by atoms with Gasteiger partial charge in [0.05, 0.1) is 12.1 Å². The molecule has 1 rings (SSSR count). The molecule has 0 aliphatic heterocycles. The van der Waals surface area contributed by atoms with Crippen LogP contribution in [-0.4, -0.2) is 24.4 Å². The summed E-state index contributed by atoms with van der Waals surface area (Å²) in [6, 6.07) is 9.83. The lowest BCUT2D eigenvalue weighted by molar-refractivity contribution is 0.140. The first-order valence-corrected chi connectivity index (χ1v) is 5.57. The zero-order valence-corrected chi connectivity index (χ0v) is 10.7. The van der Waals surface area contributed by atoms with Gasteiger partial charge >= 0.3 is 0 Å². The van der Waals surface area contributed by atoms with E-state index in [9.17, 15) is 0 Å². The standard InChI is InChI=1S/C12H18N2OS/c1-12(2,9-15-3)14-11(16)13-10-7-5-4-6-8-10/h4-8H,9H2,1-3H3,(H2,13,14,16). The Balaban J connectivity index is 2.48. The molecule has 0 amide bonds. The molecule has 3 nitrogen and oxygen atoms in total. The zero-order valence-electron chi connectivity index (χ0n) is 9.91. The van der Waals surface area contributed by atoms with E-state index in [1.807, 2.05) is 44.2 Å². The van der Waals surface area contributed by atoms with Crippen molar-refractivity contribution in [2.45, 2.75) is 19.4 Å². The molecular formula is C12H18N2OS. The molecule has 0 heterocycles. The van der Waals surface area contributed by atoms with Crippen molar-refractivity contribution in [3.8, 4) is 0 Å². The first-order valence-electron chi connectivity index (χ1n) is 5.17. The monoisotopic (exact) mass is 238 g/mol. The average Bonchev–Trinajstić information content (AvgIpc) is 2.17. The van der Waals surface area contributed by atoms with Crippen molar-refractivity contribution in [2.24, 2.45) is 0 Å². The topological polar surface area (TPSA) is 33.3 Å². The molecule has 0 unspecified atom stereocenters. The van der Waals surface area contributed by atoms with E-state index < -0.39 is 0 Å². The SMILES string of the molecule is COCC(C)(C)NC(=S)Nc1ccccc1. The van der Waals surface area contributed by atoms with Crippen LogP contribution in [0.15, 0.2) is 30.3 Å². The lowest BCUT2D eigenvalue weighted by atomic mass is 10.1. The van der Waals surface area contributed by atoms with E-state index in [0.29, 0.717) is 11.7 Å². The maximum absolute atomic E-state index is 5.22. The number of thiocarbonyl (C=S) groups is 1. The van der Waals surface area contributed by atoms with Crippen molar-refractivity contribution >= 4 is 23.0 Å². The lowest BCUT2D eigenvalue weighted by Crippen LogP contribution is -2.48. The summed E-state index contributed by atoms with van der Waals surface area (Å²) >= 11 is 5.22. The van der Waals surface area contributed by atoms with E-state index in [4.69, 9.17) is 17.0 Å². The molecule has 0 radical (unpaired) electrons. The van der Waals surface area contributed by atoms with E-state index in [0.717, 1.165) is 5.69 Å². The number of ether oxygens (including phenoxy) is 1. The minimum atomic E-state index is -0.173. The van der Waals surface area contributed by atoms with Gasteiger partial charge in [0.25, 0.3) is 0 Å². The minimum Gasteiger partial charge on any atom is -0.382 e. The van der Waals surface area contributed by atoms with Crippen molar-refractivity contribution in [3.05, 3.63) is 30.3 Å². The van der Waals surface area contributed by atoms with Crippen LogP contribution in [0.3, 0.4) is 0 Å². The molecule has 0 spiro atoms. The van der Waals surface area contributed by atoms with Gasteiger partial charge in [0.2, 0.25) is 0 Å². The van der Waals surface area contributed by atoms with E-state index in [1.165, 1.54) is 0 Å². The fraction of sp³-hybridized carbons (Fsp3) is 0.417. The number of hydrogen-bond acceptors (Lipinski definition) is 2. The predicted molar refractivity (Wildman–Crippen MR) is 71.8 cm³/mol. The molecule has 2 N–H and O–H groups in total. The lowest BCUT2D eigenvalue weighted by Gasteiger charge is -2.27. The number of rotatable bonds is 4. The average molecular weight is 238 g/mol. The van der Waals surface area contributed by atoms with E-state index >= 15 is 0 Å². The molecule has 1 aromatic rings. The molecule has 88 valence electrons. The third kappa shape index (κ3) is 4.59. The van der Waals surface area contributed by atoms with Gasteiger partial charge in [-0.05, 0) is 38.2 Å². The molecule has 4 heteroatoms. The number of hydrogen-bond donors (Lipinski definition) is 2. The molecule has 0 fully saturated rings. The summed E-state index contributed by atoms with van der Waals surface area (Å²) in [6.07, 6.45) is 0. The number of nitrogens with one attached hydrogen (secondary N) is 2. The van der Waals surface area contributed by atoms with Crippen LogP contribution in [-0.2, 0) is 4.74 Å². The van der Waals surface area contributed by atoms with Gasteiger partial charge in [-0.1, -0.05) is 18.2 Å². The van der Waals surface area contributed by atoms with Crippen LogP contribution in [0.25, 0.3) is 0 Å². The first-order chi connectivity index (χ1) is 7.53. The van der Waals surface area contributed by atoms with E-state index in [1.54, 1.807) is 7.11 Å². The maximum atomic E-state index is 5.22. The molecule has 0 aromatic heterocycles. The van der Waals surface area contributed by atoms with E-state index in [2.05, 4.69) is 10.6 Å². The highest BCUT2D eigenvalue weighted by molar-refractivity contribution is 7.80. The van der Waals surface area contributed by atoms with Crippen LogP contribution in [0, 0.1) is 0 Å². The van der Waals surface area contributed by atoms with Crippen LogP contribution in [0.5, 0.6) is 0 Å². The van der Waals surface area contributed by atoms with Gasteiger partial charge in [0.15, 0.2) is 5.11 Å². The summed E-state index contributed by atoms with van der Waals surface area (Å²) in [5, 5.41) is 6.93. The molecule has 0 atom stereocenters. The van der Waals surface area contributed by atoms with Crippen LogP contribution in [0.1, 0.15) is 13.8 Å². The fourth-order valence-corrected chi connectivity index (χ4v) is 1.78. The highest BCUT2D eigenvalue weighted by atomic mass is 32.1. The molecule has 0 saturated carbocycles. The molecule has 1 aromatic carbocycles. The van der Waals surface area contributed by atoms with Crippen LogP contribution in [0.4, 0.5) is 5.69 Å². The van der Waals surface area contributed by atoms with E-state index in [-0.39, 0.29) is 5.54 Å². The first kappa shape index (κ1) is 12.9. The Morgan fingerprint density at radius 3 is 2.50 bits per heavy atom. The Morgan fingerprint density at radius 2 is 1.94 bits per heavy atom. The number of para-hydroxylation sites is 1. The minimum absolute atomic E-state index is 0.173.